The average molecular weight is 398 g/mol. The summed E-state index contributed by atoms with van der Waals surface area (Å²) < 4.78 is 16.1. The van der Waals surface area contributed by atoms with Gasteiger partial charge in [0.05, 0.1) is 19.9 Å². The van der Waals surface area contributed by atoms with Crippen LogP contribution in [0.25, 0.3) is 0 Å². The van der Waals surface area contributed by atoms with Crippen LogP contribution in [0.15, 0.2) is 42.5 Å². The Balaban J connectivity index is 1.67. The topological polar surface area (TPSA) is 77.1 Å². The van der Waals surface area contributed by atoms with Crippen LogP contribution in [0.5, 0.6) is 11.5 Å². The Morgan fingerprint density at radius 2 is 1.86 bits per heavy atom. The second kappa shape index (κ2) is 9.32. The van der Waals surface area contributed by atoms with Gasteiger partial charge in [0.15, 0.2) is 11.5 Å². The van der Waals surface area contributed by atoms with Gasteiger partial charge in [-0.2, -0.15) is 0 Å². The summed E-state index contributed by atoms with van der Waals surface area (Å²) in [4.78, 5) is 27.0. The van der Waals surface area contributed by atoms with Crippen LogP contribution in [0.1, 0.15) is 24.5 Å². The number of carbonyl (C=O) groups excluding carboxylic acids is 2. The number of amides is 2. The molecule has 0 saturated heterocycles. The number of nitrogens with one attached hydrogen (secondary N) is 1. The van der Waals surface area contributed by atoms with Crippen molar-refractivity contribution in [3.05, 3.63) is 53.6 Å². The number of ether oxygens (including phenoxy) is 3. The molecule has 0 aliphatic carbocycles. The first-order chi connectivity index (χ1) is 14.1. The molecule has 0 aromatic heterocycles. The van der Waals surface area contributed by atoms with E-state index >= 15 is 0 Å². The fraction of sp³-hybridized carbons (Fsp3) is 0.364. The molecule has 154 valence electrons. The highest BCUT2D eigenvalue weighted by Gasteiger charge is 2.33. The van der Waals surface area contributed by atoms with E-state index in [1.165, 1.54) is 0 Å². The van der Waals surface area contributed by atoms with Gasteiger partial charge in [-0.1, -0.05) is 37.3 Å². The van der Waals surface area contributed by atoms with Crippen molar-refractivity contribution < 1.29 is 23.8 Å². The van der Waals surface area contributed by atoms with E-state index in [1.807, 2.05) is 43.3 Å². The van der Waals surface area contributed by atoms with Crippen molar-refractivity contribution in [3.8, 4) is 11.5 Å². The first-order valence-corrected chi connectivity index (χ1v) is 9.61. The second-order valence-electron chi connectivity index (χ2n) is 6.71. The molecule has 0 radical (unpaired) electrons. The van der Waals surface area contributed by atoms with Crippen LogP contribution in [0, 0.1) is 0 Å². The van der Waals surface area contributed by atoms with Gasteiger partial charge in [-0.15, -0.1) is 0 Å². The first kappa shape index (κ1) is 20.5. The highest BCUT2D eigenvalue weighted by molar-refractivity contribution is 6.00. The molecule has 29 heavy (non-hydrogen) atoms. The molecular weight excluding hydrogens is 372 g/mol. The number of carbonyl (C=O) groups is 2. The zero-order chi connectivity index (χ0) is 20.8. The molecule has 0 unspecified atom stereocenters. The van der Waals surface area contributed by atoms with Crippen LogP contribution >= 0.6 is 0 Å². The van der Waals surface area contributed by atoms with Crippen LogP contribution < -0.4 is 19.7 Å². The van der Waals surface area contributed by atoms with E-state index in [2.05, 4.69) is 5.32 Å². The lowest BCUT2D eigenvalue weighted by molar-refractivity contribution is -0.120. The van der Waals surface area contributed by atoms with Crippen LogP contribution in [0.4, 0.5) is 10.5 Å². The van der Waals surface area contributed by atoms with Gasteiger partial charge in [0.2, 0.25) is 5.91 Å². The van der Waals surface area contributed by atoms with Gasteiger partial charge in [0.1, 0.15) is 12.6 Å². The van der Waals surface area contributed by atoms with Crippen molar-refractivity contribution in [2.24, 2.45) is 0 Å². The molecule has 7 nitrogen and oxygen atoms in total. The Kier molecular flexibility index (Phi) is 6.59. The minimum Gasteiger partial charge on any atom is -0.493 e. The van der Waals surface area contributed by atoms with E-state index in [0.29, 0.717) is 30.9 Å². The van der Waals surface area contributed by atoms with E-state index in [9.17, 15) is 9.59 Å². The molecule has 2 amide bonds. The molecule has 0 bridgehead atoms. The second-order valence-corrected chi connectivity index (χ2v) is 6.71. The van der Waals surface area contributed by atoms with Gasteiger partial charge in [0.25, 0.3) is 0 Å². The summed E-state index contributed by atoms with van der Waals surface area (Å²) >= 11 is 0. The molecule has 1 heterocycles. The number of alkyl carbamates (subject to hydrolysis) is 1. The molecule has 1 N–H and O–H groups in total. The van der Waals surface area contributed by atoms with Crippen LogP contribution in [-0.4, -0.2) is 38.8 Å². The molecule has 0 spiro atoms. The van der Waals surface area contributed by atoms with Gasteiger partial charge in [0, 0.05) is 12.1 Å². The fourth-order valence-corrected chi connectivity index (χ4v) is 3.48. The Hall–Kier alpha value is -3.22. The number of hydrogen-bond donors (Lipinski definition) is 1. The van der Waals surface area contributed by atoms with Crippen molar-refractivity contribution in [2.75, 3.05) is 25.7 Å². The van der Waals surface area contributed by atoms with Crippen LogP contribution in [0.3, 0.4) is 0 Å². The Morgan fingerprint density at radius 1 is 1.10 bits per heavy atom. The lowest BCUT2D eigenvalue weighted by Gasteiger charge is -2.24. The van der Waals surface area contributed by atoms with Crippen LogP contribution in [-0.2, 0) is 22.6 Å². The zero-order valence-corrected chi connectivity index (χ0v) is 16.9. The summed E-state index contributed by atoms with van der Waals surface area (Å²) in [7, 11) is 3.17. The van der Waals surface area contributed by atoms with E-state index < -0.39 is 12.1 Å². The summed E-state index contributed by atoms with van der Waals surface area (Å²) in [5, 5.41) is 2.69. The Morgan fingerprint density at radius 3 is 2.52 bits per heavy atom. The first-order valence-electron chi connectivity index (χ1n) is 9.61. The van der Waals surface area contributed by atoms with Gasteiger partial charge >= 0.3 is 6.09 Å². The number of hydrogen-bond acceptors (Lipinski definition) is 5. The highest BCUT2D eigenvalue weighted by atomic mass is 16.5. The quantitative estimate of drug-likeness (QED) is 0.774. The molecule has 1 atom stereocenters. The molecule has 2 aromatic rings. The van der Waals surface area contributed by atoms with E-state index in [4.69, 9.17) is 14.2 Å². The number of anilines is 1. The van der Waals surface area contributed by atoms with Crippen molar-refractivity contribution in [1.29, 1.82) is 0 Å². The lowest BCUT2D eigenvalue weighted by atomic mass is 10.1. The molecule has 0 saturated carbocycles. The van der Waals surface area contributed by atoms with Crippen molar-refractivity contribution in [2.45, 2.75) is 32.4 Å². The van der Waals surface area contributed by atoms with Gasteiger partial charge in [-0.25, -0.2) is 4.79 Å². The van der Waals surface area contributed by atoms with E-state index in [1.54, 1.807) is 25.2 Å². The Labute approximate surface area is 170 Å². The molecule has 1 aliphatic rings. The SMILES string of the molecule is CC[C@H](NC(=O)OCc1ccccc1)C(=O)N1CCc2c1ccc(OC)c2OC. The Bertz CT molecular complexity index is 869. The third kappa shape index (κ3) is 4.45. The van der Waals surface area contributed by atoms with E-state index in [0.717, 1.165) is 16.8 Å². The van der Waals surface area contributed by atoms with Crippen molar-refractivity contribution in [1.82, 2.24) is 5.32 Å². The predicted octanol–water partition coefficient (Wildman–Crippen LogP) is 3.30. The standard InChI is InChI=1S/C22H26N2O5/c1-4-17(23-22(26)29-14-15-8-6-5-7-9-15)21(25)24-13-12-16-18(24)10-11-19(27-2)20(16)28-3/h5-11,17H,4,12-14H2,1-3H3,(H,23,26)/t17-/m0/s1. The maximum Gasteiger partial charge on any atom is 0.408 e. The number of nitrogens with zero attached hydrogens (tertiary/aromatic N) is 1. The third-order valence-electron chi connectivity index (χ3n) is 4.98. The monoisotopic (exact) mass is 398 g/mol. The summed E-state index contributed by atoms with van der Waals surface area (Å²) in [6.45, 7) is 2.53. The van der Waals surface area contributed by atoms with Crippen molar-refractivity contribution >= 4 is 17.7 Å². The summed E-state index contributed by atoms with van der Waals surface area (Å²) in [6, 6.07) is 12.4. The minimum atomic E-state index is -0.669. The molecule has 3 rings (SSSR count). The third-order valence-corrected chi connectivity index (χ3v) is 4.98. The van der Waals surface area contributed by atoms with Gasteiger partial charge in [-0.3, -0.25) is 4.79 Å². The summed E-state index contributed by atoms with van der Waals surface area (Å²) in [6.07, 6.45) is 0.509. The average Bonchev–Trinajstić information content (AvgIpc) is 3.19. The molecular formula is C22H26N2O5. The lowest BCUT2D eigenvalue weighted by Crippen LogP contribution is -2.48. The van der Waals surface area contributed by atoms with Crippen molar-refractivity contribution in [3.63, 3.8) is 0 Å². The summed E-state index contributed by atoms with van der Waals surface area (Å²) in [5.41, 5.74) is 2.60. The highest BCUT2D eigenvalue weighted by Crippen LogP contribution is 2.41. The number of benzene rings is 2. The largest absolute Gasteiger partial charge is 0.493 e. The number of fused-ring (bicyclic) bond motifs is 1. The molecule has 0 fully saturated rings. The zero-order valence-electron chi connectivity index (χ0n) is 16.9. The van der Waals surface area contributed by atoms with Gasteiger partial charge in [-0.05, 0) is 30.5 Å². The fourth-order valence-electron chi connectivity index (χ4n) is 3.48. The molecule has 2 aromatic carbocycles. The van der Waals surface area contributed by atoms with Gasteiger partial charge < -0.3 is 24.4 Å². The summed E-state index contributed by atoms with van der Waals surface area (Å²) in [5.74, 6) is 1.11. The maximum atomic E-state index is 13.1. The smallest absolute Gasteiger partial charge is 0.408 e. The maximum absolute atomic E-state index is 13.1. The minimum absolute atomic E-state index is 0.154. The van der Waals surface area contributed by atoms with Crippen LogP contribution in [0.2, 0.25) is 0 Å². The number of rotatable bonds is 7. The molecule has 7 heteroatoms. The normalized spacial score (nSPS) is 13.4. The van der Waals surface area contributed by atoms with E-state index in [-0.39, 0.29) is 12.5 Å². The predicted molar refractivity (Wildman–Crippen MR) is 109 cm³/mol. The molecule has 1 aliphatic heterocycles. The number of methoxy groups -OCH3 is 2.